The van der Waals surface area contributed by atoms with Gasteiger partial charge in [0.15, 0.2) is 4.98 Å². The van der Waals surface area contributed by atoms with Crippen LogP contribution >= 0.6 is 15.9 Å². The van der Waals surface area contributed by atoms with Gasteiger partial charge in [0, 0.05) is 10.5 Å². The Morgan fingerprint density at radius 2 is 2.00 bits per heavy atom. The first-order valence-corrected chi connectivity index (χ1v) is 5.30. The molecule has 8 heteroatoms. The third-order valence-corrected chi connectivity index (χ3v) is 3.16. The fourth-order valence-corrected chi connectivity index (χ4v) is 2.20. The van der Waals surface area contributed by atoms with Crippen LogP contribution in [0.4, 0.5) is 5.69 Å². The van der Waals surface area contributed by atoms with Gasteiger partial charge in [0.2, 0.25) is 5.39 Å². The van der Waals surface area contributed by atoms with E-state index in [1.807, 2.05) is 0 Å². The van der Waals surface area contributed by atoms with Crippen molar-refractivity contribution in [3.63, 3.8) is 0 Å². The van der Waals surface area contributed by atoms with Crippen molar-refractivity contribution >= 4 is 31.7 Å². The number of halogens is 2. The zero-order valence-corrected chi connectivity index (χ0v) is 10.5. The van der Waals surface area contributed by atoms with Crippen LogP contribution in [0.15, 0.2) is 27.6 Å². The van der Waals surface area contributed by atoms with Crippen LogP contribution in [0.5, 0.6) is 0 Å². The highest BCUT2D eigenvalue weighted by atomic mass is 79.9. The van der Waals surface area contributed by atoms with Crippen LogP contribution in [0.25, 0.3) is 4.98 Å². The van der Waals surface area contributed by atoms with Crippen LogP contribution in [-0.2, 0) is 10.1 Å². The van der Waals surface area contributed by atoms with Crippen molar-refractivity contribution in [1.29, 1.82) is 5.39 Å². The lowest BCUT2D eigenvalue weighted by atomic mass is 10.3. The molecule has 0 spiro atoms. The fraction of sp³-hybridized carbons (Fsp3) is 0. The van der Waals surface area contributed by atoms with Crippen LogP contribution in [0.1, 0.15) is 0 Å². The second kappa shape index (κ2) is 4.84. The standard InChI is InChI=1S/C6H3BrN2O3S.BrH/c7-5-2-1-4(9-8)3-6(5)13(10,11)12;/h1-3H;1H. The summed E-state index contributed by atoms with van der Waals surface area (Å²) in [6.07, 6.45) is 0. The lowest BCUT2D eigenvalue weighted by molar-refractivity contribution is -0.00000690. The predicted octanol–water partition coefficient (Wildman–Crippen LogP) is -0.816. The van der Waals surface area contributed by atoms with Gasteiger partial charge in [-0.3, -0.25) is 4.55 Å². The summed E-state index contributed by atoms with van der Waals surface area (Å²) in [6, 6.07) is 3.79. The molecule has 5 nitrogen and oxygen atoms in total. The van der Waals surface area contributed by atoms with E-state index in [1.54, 1.807) is 0 Å². The summed E-state index contributed by atoms with van der Waals surface area (Å²) in [5.41, 5.74) is 0.0517. The zero-order valence-electron chi connectivity index (χ0n) is 6.55. The Kier molecular flexibility index (Phi) is 4.67. The summed E-state index contributed by atoms with van der Waals surface area (Å²) < 4.78 is 30.4. The monoisotopic (exact) mass is 342 g/mol. The van der Waals surface area contributed by atoms with Crippen LogP contribution in [0.2, 0.25) is 0 Å². The lowest BCUT2D eigenvalue weighted by Gasteiger charge is -1.96. The highest BCUT2D eigenvalue weighted by molar-refractivity contribution is 9.10. The minimum Gasteiger partial charge on any atom is -1.00 e. The molecule has 1 aromatic carbocycles. The van der Waals surface area contributed by atoms with Crippen molar-refractivity contribution in [2.75, 3.05) is 0 Å². The summed E-state index contributed by atoms with van der Waals surface area (Å²) in [6.45, 7) is 0. The Morgan fingerprint density at radius 3 is 2.43 bits per heavy atom. The topological polar surface area (TPSA) is 82.5 Å². The summed E-state index contributed by atoms with van der Waals surface area (Å²) in [4.78, 5) is 2.46. The average Bonchev–Trinajstić information content (AvgIpc) is 2.03. The van der Waals surface area contributed by atoms with Crippen LogP contribution in [0, 0.1) is 5.39 Å². The molecule has 1 rings (SSSR count). The Hall–Kier alpha value is -0.490. The SMILES string of the molecule is N#[N+]c1ccc(Br)c(S(=O)(=O)O)c1.[Br-]. The van der Waals surface area contributed by atoms with Gasteiger partial charge in [-0.25, -0.2) is 0 Å². The molecule has 0 heterocycles. The van der Waals surface area contributed by atoms with E-state index in [-0.39, 0.29) is 32.0 Å². The van der Waals surface area contributed by atoms with E-state index in [2.05, 4.69) is 20.9 Å². The number of benzene rings is 1. The first-order valence-electron chi connectivity index (χ1n) is 3.07. The molecule has 0 aromatic heterocycles. The van der Waals surface area contributed by atoms with Gasteiger partial charge in [-0.1, -0.05) is 0 Å². The minimum absolute atomic E-state index is 0. The average molecular weight is 344 g/mol. The van der Waals surface area contributed by atoms with Gasteiger partial charge in [0.05, 0.1) is 6.07 Å². The second-order valence-corrected chi connectivity index (χ2v) is 4.43. The smallest absolute Gasteiger partial charge is 0.386 e. The molecule has 0 unspecified atom stereocenters. The molecule has 0 aliphatic rings. The fourth-order valence-electron chi connectivity index (χ4n) is 0.752. The Bertz CT molecular complexity index is 480. The van der Waals surface area contributed by atoms with Crippen molar-refractivity contribution in [3.8, 4) is 0 Å². The molecule has 0 radical (unpaired) electrons. The zero-order chi connectivity index (χ0) is 10.1. The second-order valence-electron chi connectivity index (χ2n) is 2.19. The number of nitrogens with zero attached hydrogens (tertiary/aromatic N) is 2. The maximum atomic E-state index is 10.7. The van der Waals surface area contributed by atoms with Crippen LogP contribution < -0.4 is 17.0 Å². The van der Waals surface area contributed by atoms with Crippen molar-refractivity contribution < 1.29 is 30.0 Å². The van der Waals surface area contributed by atoms with E-state index in [0.29, 0.717) is 0 Å². The van der Waals surface area contributed by atoms with E-state index < -0.39 is 10.1 Å². The van der Waals surface area contributed by atoms with Gasteiger partial charge in [-0.15, -0.1) is 0 Å². The summed E-state index contributed by atoms with van der Waals surface area (Å²) >= 11 is 2.93. The maximum absolute atomic E-state index is 10.7. The molecule has 0 fully saturated rings. The van der Waals surface area contributed by atoms with Gasteiger partial charge >= 0.3 is 5.69 Å². The summed E-state index contributed by atoms with van der Waals surface area (Å²) in [5.74, 6) is 0. The van der Waals surface area contributed by atoms with Crippen LogP contribution in [0.3, 0.4) is 0 Å². The quantitative estimate of drug-likeness (QED) is 0.533. The normalized spacial score (nSPS) is 10.1. The first-order chi connectivity index (χ1) is 5.95. The van der Waals surface area contributed by atoms with E-state index in [1.165, 1.54) is 12.1 Å². The summed E-state index contributed by atoms with van der Waals surface area (Å²) in [7, 11) is -4.28. The molecule has 0 aliphatic heterocycles. The Labute approximate surface area is 99.4 Å². The van der Waals surface area contributed by atoms with E-state index >= 15 is 0 Å². The molecule has 0 atom stereocenters. The number of diazo groups is 1. The number of hydrogen-bond acceptors (Lipinski definition) is 3. The van der Waals surface area contributed by atoms with Crippen LogP contribution in [-0.4, -0.2) is 13.0 Å². The Morgan fingerprint density at radius 1 is 1.43 bits per heavy atom. The van der Waals surface area contributed by atoms with Gasteiger partial charge in [0.1, 0.15) is 4.90 Å². The molecule has 0 saturated carbocycles. The van der Waals surface area contributed by atoms with Gasteiger partial charge in [-0.05, 0) is 22.0 Å². The van der Waals surface area contributed by atoms with Crippen molar-refractivity contribution in [1.82, 2.24) is 0 Å². The van der Waals surface area contributed by atoms with Crippen molar-refractivity contribution in [2.24, 2.45) is 0 Å². The molecule has 0 amide bonds. The molecule has 1 aromatic rings. The highest BCUT2D eigenvalue weighted by Crippen LogP contribution is 2.26. The largest absolute Gasteiger partial charge is 1.00 e. The molecule has 0 saturated heterocycles. The highest BCUT2D eigenvalue weighted by Gasteiger charge is 2.18. The molecule has 76 valence electrons. The van der Waals surface area contributed by atoms with E-state index in [0.717, 1.165) is 6.07 Å². The van der Waals surface area contributed by atoms with Gasteiger partial charge < -0.3 is 17.0 Å². The van der Waals surface area contributed by atoms with Crippen molar-refractivity contribution in [3.05, 3.63) is 27.6 Å². The third kappa shape index (κ3) is 3.02. The van der Waals surface area contributed by atoms with Crippen molar-refractivity contribution in [2.45, 2.75) is 4.90 Å². The molecule has 1 N–H and O–H groups in total. The molecular weight excluding hydrogens is 340 g/mol. The molecule has 0 aliphatic carbocycles. The van der Waals surface area contributed by atoms with E-state index in [4.69, 9.17) is 9.95 Å². The summed E-state index contributed by atoms with van der Waals surface area (Å²) in [5, 5.41) is 8.35. The third-order valence-electron chi connectivity index (χ3n) is 1.31. The minimum atomic E-state index is -4.28. The maximum Gasteiger partial charge on any atom is 0.386 e. The lowest BCUT2D eigenvalue weighted by Crippen LogP contribution is -3.00. The number of rotatable bonds is 1. The Balaban J connectivity index is 0.00000169. The van der Waals surface area contributed by atoms with Gasteiger partial charge in [-0.2, -0.15) is 8.42 Å². The van der Waals surface area contributed by atoms with E-state index in [9.17, 15) is 8.42 Å². The molecule has 14 heavy (non-hydrogen) atoms. The predicted molar refractivity (Wildman–Crippen MR) is 48.7 cm³/mol. The molecular formula is C6H4Br2N2O3S. The molecule has 0 bridgehead atoms. The number of hydrogen-bond donors (Lipinski definition) is 1. The van der Waals surface area contributed by atoms with Gasteiger partial charge in [0.25, 0.3) is 10.1 Å². The first kappa shape index (κ1) is 13.5.